The Bertz CT molecular complexity index is 427. The molecule has 1 fully saturated rings. The van der Waals surface area contributed by atoms with Crippen molar-refractivity contribution in [3.63, 3.8) is 0 Å². The molecule has 5 heteroatoms. The maximum atomic E-state index is 11.7. The molecule has 2 rings (SSSR count). The van der Waals surface area contributed by atoms with Gasteiger partial charge in [0.15, 0.2) is 10.8 Å². The van der Waals surface area contributed by atoms with E-state index < -0.39 is 0 Å². The Balaban J connectivity index is 2.01. The highest BCUT2D eigenvalue weighted by Gasteiger charge is 2.25. The average Bonchev–Trinajstić information content (AvgIpc) is 2.57. The topological polar surface area (TPSA) is 51.2 Å². The third-order valence-corrected chi connectivity index (χ3v) is 4.38. The number of hydrogen-bond acceptors (Lipinski definition) is 5. The molecule has 0 spiro atoms. The van der Waals surface area contributed by atoms with Crippen molar-refractivity contribution in [2.24, 2.45) is 5.92 Å². The summed E-state index contributed by atoms with van der Waals surface area (Å²) in [6.07, 6.45) is 3.92. The molecule has 0 amide bonds. The van der Waals surface area contributed by atoms with E-state index in [1.54, 1.807) is 6.92 Å². The summed E-state index contributed by atoms with van der Waals surface area (Å²) in [7, 11) is 0. The quantitative estimate of drug-likeness (QED) is 0.833. The van der Waals surface area contributed by atoms with E-state index in [0.717, 1.165) is 15.9 Å². The number of carbonyl (C=O) groups is 1. The molecule has 1 heterocycles. The van der Waals surface area contributed by atoms with Gasteiger partial charge in [-0.05, 0) is 39.5 Å². The lowest BCUT2D eigenvalue weighted by atomic mass is 9.80. The van der Waals surface area contributed by atoms with Gasteiger partial charge in [0.05, 0.1) is 6.61 Å². The number of anilines is 1. The van der Waals surface area contributed by atoms with Gasteiger partial charge in [0.25, 0.3) is 0 Å². The number of aromatic nitrogens is 1. The first kappa shape index (κ1) is 13.3. The first-order valence-electron chi connectivity index (χ1n) is 6.53. The molecule has 1 N–H and O–H groups in total. The number of thiazole rings is 1. The van der Waals surface area contributed by atoms with Crippen LogP contribution in [-0.2, 0) is 4.74 Å². The summed E-state index contributed by atoms with van der Waals surface area (Å²) in [5.41, 5.74) is 0.449. The normalized spacial score (nSPS) is 17.1. The van der Waals surface area contributed by atoms with E-state index in [1.807, 2.05) is 6.92 Å². The smallest absolute Gasteiger partial charge is 0.358 e. The van der Waals surface area contributed by atoms with Gasteiger partial charge in [0.2, 0.25) is 0 Å². The van der Waals surface area contributed by atoms with Crippen molar-refractivity contribution < 1.29 is 9.53 Å². The molecule has 0 aromatic carbocycles. The van der Waals surface area contributed by atoms with Gasteiger partial charge in [0, 0.05) is 10.9 Å². The Morgan fingerprint density at radius 1 is 1.61 bits per heavy atom. The van der Waals surface area contributed by atoms with Crippen molar-refractivity contribution in [1.82, 2.24) is 4.98 Å². The lowest BCUT2D eigenvalue weighted by molar-refractivity contribution is 0.0519. The molecule has 1 aliphatic carbocycles. The van der Waals surface area contributed by atoms with Crippen molar-refractivity contribution in [2.45, 2.75) is 46.1 Å². The zero-order valence-corrected chi connectivity index (χ0v) is 12.0. The van der Waals surface area contributed by atoms with Gasteiger partial charge < -0.3 is 10.1 Å². The number of ether oxygens (including phenoxy) is 1. The highest BCUT2D eigenvalue weighted by atomic mass is 32.1. The summed E-state index contributed by atoms with van der Waals surface area (Å²) in [5, 5.41) is 4.23. The number of nitrogens with zero attached hydrogens (tertiary/aromatic N) is 1. The van der Waals surface area contributed by atoms with Gasteiger partial charge in [-0.25, -0.2) is 9.78 Å². The van der Waals surface area contributed by atoms with E-state index in [1.165, 1.54) is 30.6 Å². The molecule has 1 saturated carbocycles. The van der Waals surface area contributed by atoms with E-state index >= 15 is 0 Å². The van der Waals surface area contributed by atoms with Crippen LogP contribution in [0.4, 0.5) is 5.13 Å². The second kappa shape index (κ2) is 5.69. The molecule has 1 atom stereocenters. The lowest BCUT2D eigenvalue weighted by Crippen LogP contribution is -2.30. The number of rotatable bonds is 5. The first-order chi connectivity index (χ1) is 8.61. The zero-order chi connectivity index (χ0) is 13.1. The van der Waals surface area contributed by atoms with Crippen LogP contribution < -0.4 is 5.32 Å². The minimum atomic E-state index is -0.324. The van der Waals surface area contributed by atoms with Crippen LogP contribution in [0.2, 0.25) is 0 Å². The number of esters is 1. The molecule has 1 aliphatic rings. The summed E-state index contributed by atoms with van der Waals surface area (Å²) in [4.78, 5) is 16.9. The predicted molar refractivity (Wildman–Crippen MR) is 73.2 cm³/mol. The van der Waals surface area contributed by atoms with Gasteiger partial charge in [-0.2, -0.15) is 0 Å². The Kier molecular flexibility index (Phi) is 4.22. The maximum absolute atomic E-state index is 11.7. The fraction of sp³-hybridized carbons (Fsp3) is 0.692. The van der Waals surface area contributed by atoms with Crippen LogP contribution in [0, 0.1) is 12.8 Å². The monoisotopic (exact) mass is 268 g/mol. The minimum Gasteiger partial charge on any atom is -0.461 e. The van der Waals surface area contributed by atoms with Gasteiger partial charge in [-0.15, -0.1) is 11.3 Å². The Hall–Kier alpha value is -1.10. The highest BCUT2D eigenvalue weighted by molar-refractivity contribution is 7.15. The second-order valence-electron chi connectivity index (χ2n) is 4.77. The van der Waals surface area contributed by atoms with Crippen molar-refractivity contribution in [1.29, 1.82) is 0 Å². The molecule has 1 aromatic rings. The lowest BCUT2D eigenvalue weighted by Gasteiger charge is -2.31. The van der Waals surface area contributed by atoms with E-state index in [-0.39, 0.29) is 5.97 Å². The largest absolute Gasteiger partial charge is 0.461 e. The van der Waals surface area contributed by atoms with Crippen LogP contribution in [-0.4, -0.2) is 23.6 Å². The third kappa shape index (κ3) is 2.83. The number of carbonyl (C=O) groups excluding carboxylic acids is 1. The fourth-order valence-corrected chi connectivity index (χ4v) is 3.00. The van der Waals surface area contributed by atoms with Crippen molar-refractivity contribution in [2.75, 3.05) is 11.9 Å². The average molecular weight is 268 g/mol. The molecule has 0 saturated heterocycles. The summed E-state index contributed by atoms with van der Waals surface area (Å²) in [6, 6.07) is 0.430. The molecule has 4 nitrogen and oxygen atoms in total. The second-order valence-corrected chi connectivity index (χ2v) is 5.97. The van der Waals surface area contributed by atoms with E-state index in [0.29, 0.717) is 18.3 Å². The standard InChI is InChI=1S/C13H20N2O2S/c1-4-17-12(16)11-9(3)18-13(15-11)14-8(2)10-6-5-7-10/h8,10H,4-7H2,1-3H3,(H,14,15). The fourth-order valence-electron chi connectivity index (χ4n) is 2.10. The number of nitrogens with one attached hydrogen (secondary N) is 1. The summed E-state index contributed by atoms with van der Waals surface area (Å²) in [5.74, 6) is 0.427. The van der Waals surface area contributed by atoms with E-state index in [2.05, 4.69) is 17.2 Å². The SMILES string of the molecule is CCOC(=O)c1nc(NC(C)C2CCC2)sc1C. The Morgan fingerprint density at radius 2 is 2.33 bits per heavy atom. The third-order valence-electron chi connectivity index (χ3n) is 3.47. The number of aryl methyl sites for hydroxylation is 1. The van der Waals surface area contributed by atoms with Crippen molar-refractivity contribution in [3.8, 4) is 0 Å². The van der Waals surface area contributed by atoms with Crippen LogP contribution in [0.3, 0.4) is 0 Å². The van der Waals surface area contributed by atoms with Crippen molar-refractivity contribution >= 4 is 22.4 Å². The maximum Gasteiger partial charge on any atom is 0.358 e. The van der Waals surface area contributed by atoms with E-state index in [4.69, 9.17) is 4.74 Å². The Labute approximate surface area is 112 Å². The van der Waals surface area contributed by atoms with Gasteiger partial charge in [-0.1, -0.05) is 6.42 Å². The molecule has 18 heavy (non-hydrogen) atoms. The van der Waals surface area contributed by atoms with Crippen LogP contribution in [0.5, 0.6) is 0 Å². The van der Waals surface area contributed by atoms with Gasteiger partial charge in [-0.3, -0.25) is 0 Å². The summed E-state index contributed by atoms with van der Waals surface area (Å²) < 4.78 is 4.98. The molecule has 0 bridgehead atoms. The minimum absolute atomic E-state index is 0.324. The predicted octanol–water partition coefficient (Wildman–Crippen LogP) is 3.23. The van der Waals surface area contributed by atoms with Crippen LogP contribution in [0.25, 0.3) is 0 Å². The first-order valence-corrected chi connectivity index (χ1v) is 7.34. The molecular formula is C13H20N2O2S. The van der Waals surface area contributed by atoms with Crippen LogP contribution >= 0.6 is 11.3 Å². The number of hydrogen-bond donors (Lipinski definition) is 1. The van der Waals surface area contributed by atoms with E-state index in [9.17, 15) is 4.79 Å². The summed E-state index contributed by atoms with van der Waals surface area (Å²) in [6.45, 7) is 6.28. The van der Waals surface area contributed by atoms with Crippen LogP contribution in [0.15, 0.2) is 0 Å². The van der Waals surface area contributed by atoms with Gasteiger partial charge in [0.1, 0.15) is 0 Å². The summed E-state index contributed by atoms with van der Waals surface area (Å²) >= 11 is 1.53. The molecule has 1 aromatic heterocycles. The highest BCUT2D eigenvalue weighted by Crippen LogP contribution is 2.32. The molecule has 0 radical (unpaired) electrons. The zero-order valence-electron chi connectivity index (χ0n) is 11.2. The molecule has 100 valence electrons. The molecule has 1 unspecified atom stereocenters. The molecule has 0 aliphatic heterocycles. The van der Waals surface area contributed by atoms with Crippen molar-refractivity contribution in [3.05, 3.63) is 10.6 Å². The molecular weight excluding hydrogens is 248 g/mol. The Morgan fingerprint density at radius 3 is 2.89 bits per heavy atom. The van der Waals surface area contributed by atoms with Crippen LogP contribution in [0.1, 0.15) is 48.5 Å². The van der Waals surface area contributed by atoms with Gasteiger partial charge >= 0.3 is 5.97 Å².